The zero-order valence-corrected chi connectivity index (χ0v) is 43.9. The van der Waals surface area contributed by atoms with Gasteiger partial charge in [0.05, 0.1) is 0 Å². The van der Waals surface area contributed by atoms with E-state index in [1.54, 1.807) is 11.1 Å². The van der Waals surface area contributed by atoms with Crippen LogP contribution in [0.4, 0.5) is 0 Å². The minimum absolute atomic E-state index is 0. The predicted octanol–water partition coefficient (Wildman–Crippen LogP) is 9.39. The number of allylic oxidation sites excluding steroid dienone is 8. The van der Waals surface area contributed by atoms with Crippen molar-refractivity contribution in [3.63, 3.8) is 0 Å². The Kier molecular flexibility index (Phi) is 27.8. The number of halogens is 2. The van der Waals surface area contributed by atoms with Crippen LogP contribution in [0.2, 0.25) is 0 Å². The second kappa shape index (κ2) is 30.2. The first kappa shape index (κ1) is 55.2. The molecule has 8 rings (SSSR count). The SMILES string of the molecule is CC(C)C1=C(C(C)C)C[C-]=C1.CC(C)C1=C(C(C)C)C[C-]=C1.C[C](=[Zr+2])c1ccccc1.C[C](=[Zr+2])c1ccccc1.[Cl-].[Cl-].c1ccc2[cH-]ccc2c1.c1ccc2[cH-]ccc2c1. The molecule has 2 aliphatic carbocycles. The minimum Gasteiger partial charge on any atom is -1.00 e. The van der Waals surface area contributed by atoms with E-state index in [2.05, 4.69) is 227 Å². The van der Waals surface area contributed by atoms with Crippen LogP contribution in [0.3, 0.4) is 0 Å². The molecular formula is C56H64Cl2Zr2-2. The fourth-order valence-electron chi connectivity index (χ4n) is 6.60. The van der Waals surface area contributed by atoms with Crippen LogP contribution in [0.15, 0.2) is 180 Å². The molecule has 0 heterocycles. The van der Waals surface area contributed by atoms with Crippen LogP contribution in [-0.2, 0) is 48.5 Å². The molecule has 6 aromatic rings. The van der Waals surface area contributed by atoms with E-state index in [1.807, 2.05) is 12.1 Å². The van der Waals surface area contributed by atoms with Crippen LogP contribution in [0.1, 0.15) is 93.2 Å². The molecule has 312 valence electrons. The maximum atomic E-state index is 3.29. The molecule has 0 bridgehead atoms. The second-order valence-corrected chi connectivity index (χ2v) is 19.6. The van der Waals surface area contributed by atoms with E-state index in [-0.39, 0.29) is 24.8 Å². The van der Waals surface area contributed by atoms with Crippen molar-refractivity contribution in [3.05, 3.63) is 203 Å². The molecule has 0 N–H and O–H groups in total. The fourth-order valence-corrected chi connectivity index (χ4v) is 7.42. The molecule has 0 fully saturated rings. The van der Waals surface area contributed by atoms with Crippen molar-refractivity contribution in [2.45, 2.75) is 82.1 Å². The Morgan fingerprint density at radius 2 is 0.767 bits per heavy atom. The van der Waals surface area contributed by atoms with Crippen molar-refractivity contribution >= 4 is 28.0 Å². The Labute approximate surface area is 406 Å². The normalized spacial score (nSPS) is 12.3. The summed E-state index contributed by atoms with van der Waals surface area (Å²) in [5.74, 6) is 2.72. The van der Waals surface area contributed by atoms with Crippen molar-refractivity contribution in [1.82, 2.24) is 0 Å². The summed E-state index contributed by atoms with van der Waals surface area (Å²) in [4.78, 5) is 0. The molecule has 0 saturated heterocycles. The Bertz CT molecular complexity index is 2020. The number of hydrogen-bond acceptors (Lipinski definition) is 0. The van der Waals surface area contributed by atoms with Gasteiger partial charge in [-0.05, 0) is 11.8 Å². The van der Waals surface area contributed by atoms with Crippen molar-refractivity contribution in [2.75, 3.05) is 0 Å². The Balaban J connectivity index is 0.000000358. The molecule has 0 radical (unpaired) electrons. The summed E-state index contributed by atoms with van der Waals surface area (Å²) in [5.41, 5.74) is 8.94. The van der Waals surface area contributed by atoms with E-state index in [4.69, 9.17) is 0 Å². The largest absolute Gasteiger partial charge is 1.00 e. The first-order valence-electron chi connectivity index (χ1n) is 20.8. The average molecular weight is 990 g/mol. The van der Waals surface area contributed by atoms with E-state index >= 15 is 0 Å². The molecule has 2 aliphatic rings. The summed E-state index contributed by atoms with van der Waals surface area (Å²) in [5, 5.41) is 5.32. The first-order valence-corrected chi connectivity index (χ1v) is 23.3. The molecular weight excluding hydrogens is 926 g/mol. The van der Waals surface area contributed by atoms with Crippen LogP contribution in [0.25, 0.3) is 21.5 Å². The monoisotopic (exact) mass is 986 g/mol. The number of fused-ring (bicyclic) bond motifs is 2. The van der Waals surface area contributed by atoms with Gasteiger partial charge in [-0.25, -0.2) is 12.2 Å². The Morgan fingerprint density at radius 1 is 0.450 bits per heavy atom. The van der Waals surface area contributed by atoms with Gasteiger partial charge in [-0.1, -0.05) is 79.4 Å². The van der Waals surface area contributed by atoms with Gasteiger partial charge in [0.2, 0.25) is 0 Å². The van der Waals surface area contributed by atoms with Gasteiger partial charge in [0, 0.05) is 0 Å². The van der Waals surface area contributed by atoms with Crippen LogP contribution in [-0.4, -0.2) is 6.41 Å². The summed E-state index contributed by atoms with van der Waals surface area (Å²) in [6.45, 7) is 22.4. The molecule has 60 heavy (non-hydrogen) atoms. The third-order valence-electron chi connectivity index (χ3n) is 9.99. The smallest absolute Gasteiger partial charge is 0.0809 e. The molecule has 0 unspecified atom stereocenters. The molecule has 0 nitrogen and oxygen atoms in total. The van der Waals surface area contributed by atoms with Crippen LogP contribution >= 0.6 is 0 Å². The zero-order valence-electron chi connectivity index (χ0n) is 37.5. The van der Waals surface area contributed by atoms with Crippen LogP contribution in [0.5, 0.6) is 0 Å². The van der Waals surface area contributed by atoms with Crippen LogP contribution in [0, 0.1) is 35.8 Å². The summed E-state index contributed by atoms with van der Waals surface area (Å²) in [7, 11) is 0. The van der Waals surface area contributed by atoms with Gasteiger partial charge >= 0.3 is 141 Å². The van der Waals surface area contributed by atoms with Crippen molar-refractivity contribution in [1.29, 1.82) is 0 Å². The van der Waals surface area contributed by atoms with Gasteiger partial charge < -0.3 is 24.8 Å². The van der Waals surface area contributed by atoms with E-state index in [9.17, 15) is 0 Å². The summed E-state index contributed by atoms with van der Waals surface area (Å²) in [6.07, 6.45) is 13.0. The number of benzene rings is 4. The number of rotatable bonds is 6. The van der Waals surface area contributed by atoms with Crippen molar-refractivity contribution in [3.8, 4) is 0 Å². The summed E-state index contributed by atoms with van der Waals surface area (Å²) in [6, 6.07) is 50.3. The van der Waals surface area contributed by atoms with E-state index < -0.39 is 0 Å². The molecule has 0 spiro atoms. The standard InChI is InChI=1S/2C11H17.2C9H7.2C8H8.2ClH.2Zr/c2*1-8(2)10-6-5-7-11(10)9(3)4;2*1-2-5-9-7-3-6-8(9)4-1;2*1-2-8-6-4-3-5-7-8;;;;/h2*6,8-9H,7H2,1-4H3;2*1-7H;2*3-7H,1H3;2*1H;;/q4*-1;;;;;2*+2/p-2. The molecule has 0 aromatic heterocycles. The third kappa shape index (κ3) is 19.5. The Morgan fingerprint density at radius 3 is 1.02 bits per heavy atom. The Hall–Kier alpha value is -2.85. The quantitative estimate of drug-likeness (QED) is 0.146. The van der Waals surface area contributed by atoms with E-state index in [0.717, 1.165) is 12.8 Å². The molecule has 4 heteroatoms. The van der Waals surface area contributed by atoms with Crippen LogP contribution < -0.4 is 24.8 Å². The maximum Gasteiger partial charge on any atom is -0.0809 e. The van der Waals surface area contributed by atoms with Gasteiger partial charge in [-0.15, -0.1) is 72.1 Å². The summed E-state index contributed by atoms with van der Waals surface area (Å²) < 4.78 is 2.92. The van der Waals surface area contributed by atoms with Gasteiger partial charge in [0.15, 0.2) is 0 Å². The zero-order chi connectivity index (χ0) is 42.5. The average Bonchev–Trinajstić information content (AvgIpc) is 4.07. The van der Waals surface area contributed by atoms with E-state index in [1.165, 1.54) is 98.7 Å². The molecule has 6 aromatic carbocycles. The van der Waals surface area contributed by atoms with E-state index in [0.29, 0.717) is 23.7 Å². The molecule has 0 aliphatic heterocycles. The minimum atomic E-state index is 0. The first-order chi connectivity index (χ1) is 27.8. The molecule has 0 atom stereocenters. The maximum absolute atomic E-state index is 3.29. The predicted molar refractivity (Wildman–Crippen MR) is 250 cm³/mol. The third-order valence-corrected chi connectivity index (χ3v) is 11.4. The van der Waals surface area contributed by atoms with Crippen molar-refractivity contribution in [2.24, 2.45) is 23.7 Å². The van der Waals surface area contributed by atoms with Gasteiger partial charge in [0.1, 0.15) is 0 Å². The van der Waals surface area contributed by atoms with Crippen molar-refractivity contribution < 1.29 is 73.3 Å². The topological polar surface area (TPSA) is 0 Å². The van der Waals surface area contributed by atoms with Gasteiger partial charge in [0.25, 0.3) is 0 Å². The van der Waals surface area contributed by atoms with Gasteiger partial charge in [-0.3, -0.25) is 12.2 Å². The second-order valence-electron chi connectivity index (χ2n) is 15.9. The van der Waals surface area contributed by atoms with Gasteiger partial charge in [-0.2, -0.15) is 57.3 Å². The number of hydrogen-bond donors (Lipinski definition) is 0. The summed E-state index contributed by atoms with van der Waals surface area (Å²) >= 11 is 3.01. The fraction of sp³-hybridized carbons (Fsp3) is 0.286. The molecule has 0 saturated carbocycles. The molecule has 0 amide bonds.